The summed E-state index contributed by atoms with van der Waals surface area (Å²) in [6.07, 6.45) is 0. The second-order valence-corrected chi connectivity index (χ2v) is 8.55. The van der Waals surface area contributed by atoms with Crippen LogP contribution in [0, 0.1) is 0 Å². The molecule has 2 heteroatoms. The Morgan fingerprint density at radius 2 is 1.36 bits per heavy atom. The molecule has 1 atom stereocenters. The molecule has 0 heterocycles. The number of benzene rings is 4. The van der Waals surface area contributed by atoms with E-state index in [2.05, 4.69) is 84.9 Å². The lowest BCUT2D eigenvalue weighted by molar-refractivity contribution is 0.253. The third-order valence-electron chi connectivity index (χ3n) is 5.95. The second-order valence-electron chi connectivity index (χ2n) is 7.71. The normalized spacial score (nSPS) is 15.2. The molecule has 4 aromatic carbocycles. The molecule has 1 aliphatic rings. The summed E-state index contributed by atoms with van der Waals surface area (Å²) in [7, 11) is 0. The molecular formula is C26H21ClO. The van der Waals surface area contributed by atoms with Gasteiger partial charge in [0.25, 0.3) is 0 Å². The van der Waals surface area contributed by atoms with Crippen LogP contribution in [-0.4, -0.2) is 11.7 Å². The maximum Gasteiger partial charge on any atom is 0.0900 e. The van der Waals surface area contributed by atoms with Gasteiger partial charge in [-0.15, -0.1) is 11.6 Å². The third-order valence-corrected chi connectivity index (χ3v) is 6.27. The molecule has 1 aliphatic carbocycles. The number of rotatable bonds is 3. The number of hydrogen-bond acceptors (Lipinski definition) is 1. The molecule has 1 nitrogen and oxygen atoms in total. The highest BCUT2D eigenvalue weighted by atomic mass is 35.5. The number of alkyl halides is 1. The van der Waals surface area contributed by atoms with E-state index in [1.165, 1.54) is 38.6 Å². The van der Waals surface area contributed by atoms with Crippen molar-refractivity contribution in [1.29, 1.82) is 0 Å². The molecule has 0 saturated carbocycles. The van der Waals surface area contributed by atoms with Crippen LogP contribution in [0.5, 0.6) is 0 Å². The van der Waals surface area contributed by atoms with Gasteiger partial charge in [-0.3, -0.25) is 0 Å². The maximum atomic E-state index is 10.0. The number of aliphatic hydroxyl groups is 1. The molecule has 0 bridgehead atoms. The summed E-state index contributed by atoms with van der Waals surface area (Å²) in [5.74, 6) is 0.0955. The third kappa shape index (κ3) is 2.51. The lowest BCUT2D eigenvalue weighted by Gasteiger charge is -2.28. The Morgan fingerprint density at radius 3 is 2.00 bits per heavy atom. The van der Waals surface area contributed by atoms with Crippen LogP contribution in [0.15, 0.2) is 84.9 Å². The molecular weight excluding hydrogens is 364 g/mol. The van der Waals surface area contributed by atoms with E-state index in [9.17, 15) is 5.11 Å². The van der Waals surface area contributed by atoms with Crippen molar-refractivity contribution in [2.24, 2.45) is 0 Å². The van der Waals surface area contributed by atoms with Gasteiger partial charge in [-0.2, -0.15) is 0 Å². The molecule has 0 aromatic heterocycles. The minimum Gasteiger partial charge on any atom is -0.394 e. The topological polar surface area (TPSA) is 20.2 Å². The van der Waals surface area contributed by atoms with Crippen molar-refractivity contribution in [3.8, 4) is 11.1 Å². The molecule has 0 spiro atoms. The van der Waals surface area contributed by atoms with Gasteiger partial charge in [0.1, 0.15) is 0 Å². The van der Waals surface area contributed by atoms with Gasteiger partial charge < -0.3 is 5.11 Å². The first-order chi connectivity index (χ1) is 13.6. The van der Waals surface area contributed by atoms with E-state index in [-0.39, 0.29) is 12.5 Å². The van der Waals surface area contributed by atoms with Crippen molar-refractivity contribution in [3.63, 3.8) is 0 Å². The molecule has 28 heavy (non-hydrogen) atoms. The molecule has 0 saturated heterocycles. The van der Waals surface area contributed by atoms with Crippen molar-refractivity contribution >= 4 is 22.4 Å². The average Bonchev–Trinajstić information content (AvgIpc) is 3.07. The highest BCUT2D eigenvalue weighted by Gasteiger charge is 2.35. The molecule has 0 aliphatic heterocycles. The number of fused-ring (bicyclic) bond motifs is 4. The first-order valence-corrected chi connectivity index (χ1v) is 10.00. The quantitative estimate of drug-likeness (QED) is 0.354. The van der Waals surface area contributed by atoms with Crippen molar-refractivity contribution < 1.29 is 5.11 Å². The van der Waals surface area contributed by atoms with Crippen LogP contribution in [0.1, 0.15) is 35.1 Å². The van der Waals surface area contributed by atoms with Crippen molar-refractivity contribution in [1.82, 2.24) is 0 Å². The molecule has 1 N–H and O–H groups in total. The Labute approximate surface area is 170 Å². The van der Waals surface area contributed by atoms with Crippen LogP contribution in [0.25, 0.3) is 21.9 Å². The molecule has 5 rings (SSSR count). The predicted molar refractivity (Wildman–Crippen MR) is 117 cm³/mol. The van der Waals surface area contributed by atoms with Crippen LogP contribution in [0.3, 0.4) is 0 Å². The molecule has 4 aromatic rings. The fourth-order valence-corrected chi connectivity index (χ4v) is 4.78. The Morgan fingerprint density at radius 1 is 0.786 bits per heavy atom. The highest BCUT2D eigenvalue weighted by molar-refractivity contribution is 6.24. The van der Waals surface area contributed by atoms with Gasteiger partial charge in [0.2, 0.25) is 0 Å². The largest absolute Gasteiger partial charge is 0.394 e. The Balaban J connectivity index is 1.91. The standard InChI is InChI=1S/C26H21ClO/c1-26(27,16-28)23-15-14-17-8-2-3-9-18(17)25(23)24-21-12-6-4-10-19(21)20-11-5-7-13-22(20)24/h2-15,24,28H,16H2,1H3. The molecule has 0 radical (unpaired) electrons. The van der Waals surface area contributed by atoms with Gasteiger partial charge >= 0.3 is 0 Å². The van der Waals surface area contributed by atoms with E-state index in [1.54, 1.807) is 0 Å². The van der Waals surface area contributed by atoms with Gasteiger partial charge in [0, 0.05) is 5.92 Å². The number of halogens is 1. The van der Waals surface area contributed by atoms with E-state index in [4.69, 9.17) is 11.6 Å². The summed E-state index contributed by atoms with van der Waals surface area (Å²) in [6.45, 7) is 1.78. The average molecular weight is 385 g/mol. The van der Waals surface area contributed by atoms with E-state index >= 15 is 0 Å². The zero-order chi connectivity index (χ0) is 19.3. The lowest BCUT2D eigenvalue weighted by atomic mass is 9.80. The predicted octanol–water partition coefficient (Wildman–Crippen LogP) is 6.45. The van der Waals surface area contributed by atoms with Crippen LogP contribution in [0.2, 0.25) is 0 Å². The van der Waals surface area contributed by atoms with E-state index < -0.39 is 4.87 Å². The van der Waals surface area contributed by atoms with Gasteiger partial charge in [0.15, 0.2) is 0 Å². The van der Waals surface area contributed by atoms with Gasteiger partial charge in [-0.25, -0.2) is 0 Å². The monoisotopic (exact) mass is 384 g/mol. The summed E-state index contributed by atoms with van der Waals surface area (Å²) in [5.41, 5.74) is 7.34. The number of hydrogen-bond donors (Lipinski definition) is 1. The zero-order valence-electron chi connectivity index (χ0n) is 15.7. The molecule has 138 valence electrons. The Hall–Kier alpha value is -2.61. The second kappa shape index (κ2) is 6.48. The van der Waals surface area contributed by atoms with E-state index in [0.717, 1.165) is 5.56 Å². The number of aliphatic hydroxyl groups excluding tert-OH is 1. The summed E-state index contributed by atoms with van der Waals surface area (Å²) in [4.78, 5) is -0.841. The van der Waals surface area contributed by atoms with E-state index in [0.29, 0.717) is 0 Å². The minimum atomic E-state index is -0.841. The lowest BCUT2D eigenvalue weighted by Crippen LogP contribution is -2.22. The summed E-state index contributed by atoms with van der Waals surface area (Å²) in [5, 5.41) is 12.4. The molecule has 0 fully saturated rings. The van der Waals surface area contributed by atoms with Gasteiger partial charge in [-0.1, -0.05) is 84.9 Å². The fraction of sp³-hybridized carbons (Fsp3) is 0.154. The van der Waals surface area contributed by atoms with Crippen LogP contribution < -0.4 is 0 Å². The first-order valence-electron chi connectivity index (χ1n) is 9.62. The van der Waals surface area contributed by atoms with E-state index in [1.807, 2.05) is 6.92 Å². The molecule has 0 amide bonds. The highest BCUT2D eigenvalue weighted by Crippen LogP contribution is 2.51. The van der Waals surface area contributed by atoms with Crippen molar-refractivity contribution in [3.05, 3.63) is 107 Å². The minimum absolute atomic E-state index is 0.0955. The summed E-state index contributed by atoms with van der Waals surface area (Å²) in [6, 6.07) is 29.9. The maximum absolute atomic E-state index is 10.0. The Kier molecular flexibility index (Phi) is 4.04. The molecule has 1 unspecified atom stereocenters. The summed E-state index contributed by atoms with van der Waals surface area (Å²) >= 11 is 6.83. The Bertz CT molecular complexity index is 1150. The zero-order valence-corrected chi connectivity index (χ0v) is 16.4. The van der Waals surface area contributed by atoms with Crippen molar-refractivity contribution in [2.45, 2.75) is 17.7 Å². The SMILES string of the molecule is CC(Cl)(CO)c1ccc2ccccc2c1C1c2ccccc2-c2ccccc21. The van der Waals surface area contributed by atoms with Crippen LogP contribution in [0.4, 0.5) is 0 Å². The van der Waals surface area contributed by atoms with Gasteiger partial charge in [-0.05, 0) is 51.1 Å². The van der Waals surface area contributed by atoms with Crippen molar-refractivity contribution in [2.75, 3.05) is 6.61 Å². The fourth-order valence-electron chi connectivity index (χ4n) is 4.61. The smallest absolute Gasteiger partial charge is 0.0900 e. The first kappa shape index (κ1) is 17.5. The van der Waals surface area contributed by atoms with Gasteiger partial charge in [0.05, 0.1) is 11.5 Å². The van der Waals surface area contributed by atoms with Crippen LogP contribution in [-0.2, 0) is 4.87 Å². The van der Waals surface area contributed by atoms with Crippen LogP contribution >= 0.6 is 11.6 Å². The summed E-state index contributed by atoms with van der Waals surface area (Å²) < 4.78 is 0.